The van der Waals surface area contributed by atoms with Gasteiger partial charge in [0.1, 0.15) is 5.82 Å². The highest BCUT2D eigenvalue weighted by molar-refractivity contribution is 5.97. The molecule has 0 fully saturated rings. The number of hydrogen-bond donors (Lipinski definition) is 0. The first-order chi connectivity index (χ1) is 6.63. The molecule has 0 saturated heterocycles. The smallest absolute Gasteiger partial charge is 0.168 e. The van der Waals surface area contributed by atoms with Crippen LogP contribution in [0.2, 0.25) is 0 Å². The van der Waals surface area contributed by atoms with E-state index in [9.17, 15) is 9.18 Å². The lowest BCUT2D eigenvalue weighted by molar-refractivity contribution is 0.0991. The summed E-state index contributed by atoms with van der Waals surface area (Å²) in [5.74, 6) is -0.623. The summed E-state index contributed by atoms with van der Waals surface area (Å²) in [5.41, 5.74) is 1.15. The molecule has 0 bridgehead atoms. The van der Waals surface area contributed by atoms with Crippen LogP contribution in [-0.2, 0) is 0 Å². The summed E-state index contributed by atoms with van der Waals surface area (Å²) < 4.78 is 12.7. The van der Waals surface area contributed by atoms with Gasteiger partial charge in [-0.2, -0.15) is 0 Å². The highest BCUT2D eigenvalue weighted by Crippen LogP contribution is 2.10. The van der Waals surface area contributed by atoms with Crippen LogP contribution in [-0.4, -0.2) is 10.8 Å². The minimum atomic E-state index is -0.488. The Kier molecular flexibility index (Phi) is 3.51. The number of halogens is 1. The quantitative estimate of drug-likeness (QED) is 0.543. The highest BCUT2D eigenvalue weighted by atomic mass is 19.1. The molecule has 0 saturated carbocycles. The number of Topliss-reactive ketones (excluding diaryl/α,β-unsaturated/α-hetero) is 1. The maximum Gasteiger partial charge on any atom is 0.168 e. The molecule has 3 heteroatoms. The Morgan fingerprint density at radius 2 is 2.29 bits per heavy atom. The molecule has 1 rings (SSSR count). The van der Waals surface area contributed by atoms with Gasteiger partial charge in [0, 0.05) is 18.2 Å². The van der Waals surface area contributed by atoms with E-state index < -0.39 is 5.82 Å². The van der Waals surface area contributed by atoms with Crippen molar-refractivity contribution in [3.63, 3.8) is 0 Å². The molecule has 1 aromatic rings. The average molecular weight is 193 g/mol. The van der Waals surface area contributed by atoms with Crippen molar-refractivity contribution in [2.45, 2.75) is 19.8 Å². The normalized spacial score (nSPS) is 9.86. The van der Waals surface area contributed by atoms with Gasteiger partial charge >= 0.3 is 0 Å². The SMILES string of the molecule is C=C(CC)CC(=O)c1cncc(F)c1. The van der Waals surface area contributed by atoms with Crippen molar-refractivity contribution >= 4 is 5.78 Å². The first-order valence-corrected chi connectivity index (χ1v) is 4.44. The summed E-state index contributed by atoms with van der Waals surface area (Å²) in [6.07, 6.45) is 3.47. The fraction of sp³-hybridized carbons (Fsp3) is 0.273. The Hall–Kier alpha value is -1.51. The van der Waals surface area contributed by atoms with E-state index in [-0.39, 0.29) is 12.2 Å². The summed E-state index contributed by atoms with van der Waals surface area (Å²) in [4.78, 5) is 15.1. The van der Waals surface area contributed by atoms with E-state index in [1.807, 2.05) is 6.92 Å². The summed E-state index contributed by atoms with van der Waals surface area (Å²) in [5, 5.41) is 0. The van der Waals surface area contributed by atoms with Gasteiger partial charge in [0.15, 0.2) is 5.78 Å². The van der Waals surface area contributed by atoms with Crippen LogP contribution < -0.4 is 0 Å². The molecular weight excluding hydrogens is 181 g/mol. The van der Waals surface area contributed by atoms with Gasteiger partial charge in [-0.15, -0.1) is 0 Å². The Labute approximate surface area is 82.5 Å². The van der Waals surface area contributed by atoms with E-state index in [0.29, 0.717) is 5.56 Å². The predicted molar refractivity (Wildman–Crippen MR) is 52.6 cm³/mol. The Balaban J connectivity index is 2.75. The molecule has 0 aromatic carbocycles. The zero-order valence-corrected chi connectivity index (χ0v) is 8.09. The highest BCUT2D eigenvalue weighted by Gasteiger charge is 2.07. The van der Waals surface area contributed by atoms with E-state index in [0.717, 1.165) is 18.2 Å². The van der Waals surface area contributed by atoms with Gasteiger partial charge in [-0.25, -0.2) is 4.39 Å². The number of aromatic nitrogens is 1. The zero-order valence-electron chi connectivity index (χ0n) is 8.09. The van der Waals surface area contributed by atoms with Crippen molar-refractivity contribution in [3.8, 4) is 0 Å². The predicted octanol–water partition coefficient (Wildman–Crippen LogP) is 2.76. The molecule has 74 valence electrons. The fourth-order valence-electron chi connectivity index (χ4n) is 1.02. The van der Waals surface area contributed by atoms with Crippen LogP contribution in [0.15, 0.2) is 30.6 Å². The van der Waals surface area contributed by atoms with E-state index in [1.165, 1.54) is 12.3 Å². The van der Waals surface area contributed by atoms with Crippen LogP contribution in [0, 0.1) is 5.82 Å². The molecule has 0 aliphatic heterocycles. The van der Waals surface area contributed by atoms with E-state index in [4.69, 9.17) is 0 Å². The van der Waals surface area contributed by atoms with Crippen LogP contribution in [0.4, 0.5) is 4.39 Å². The standard InChI is InChI=1S/C11H12FNO/c1-3-8(2)4-11(14)9-5-10(12)7-13-6-9/h5-7H,2-4H2,1H3. The van der Waals surface area contributed by atoms with Gasteiger partial charge in [-0.05, 0) is 12.5 Å². The molecule has 0 N–H and O–H groups in total. The van der Waals surface area contributed by atoms with Gasteiger partial charge in [0.05, 0.1) is 6.20 Å². The lowest BCUT2D eigenvalue weighted by atomic mass is 10.0. The summed E-state index contributed by atoms with van der Waals surface area (Å²) in [7, 11) is 0. The van der Waals surface area contributed by atoms with Gasteiger partial charge in [0.2, 0.25) is 0 Å². The van der Waals surface area contributed by atoms with Crippen LogP contribution in [0.3, 0.4) is 0 Å². The first kappa shape index (κ1) is 10.6. The molecule has 0 aliphatic carbocycles. The molecule has 0 radical (unpaired) electrons. The van der Waals surface area contributed by atoms with Crippen molar-refractivity contribution in [2.75, 3.05) is 0 Å². The second-order valence-corrected chi connectivity index (χ2v) is 3.10. The molecule has 0 unspecified atom stereocenters. The minimum absolute atomic E-state index is 0.135. The second kappa shape index (κ2) is 4.65. The average Bonchev–Trinajstić information content (AvgIpc) is 2.17. The number of allylic oxidation sites excluding steroid dienone is 1. The summed E-state index contributed by atoms with van der Waals surface area (Å²) in [6.45, 7) is 5.66. The van der Waals surface area contributed by atoms with E-state index >= 15 is 0 Å². The molecule has 2 nitrogen and oxygen atoms in total. The molecule has 0 aliphatic rings. The summed E-state index contributed by atoms with van der Waals surface area (Å²) >= 11 is 0. The number of rotatable bonds is 4. The van der Waals surface area contributed by atoms with Crippen LogP contribution in [0.5, 0.6) is 0 Å². The fourth-order valence-corrected chi connectivity index (χ4v) is 1.02. The molecule has 0 amide bonds. The van der Waals surface area contributed by atoms with Crippen molar-refractivity contribution in [3.05, 3.63) is 42.0 Å². The Morgan fingerprint density at radius 1 is 1.57 bits per heavy atom. The lowest BCUT2D eigenvalue weighted by Crippen LogP contribution is -2.01. The third-order valence-electron chi connectivity index (χ3n) is 1.94. The minimum Gasteiger partial charge on any atom is -0.294 e. The summed E-state index contributed by atoms with van der Waals surface area (Å²) in [6, 6.07) is 1.19. The number of pyridine rings is 1. The number of carbonyl (C=O) groups excluding carboxylic acids is 1. The first-order valence-electron chi connectivity index (χ1n) is 4.44. The molecule has 14 heavy (non-hydrogen) atoms. The van der Waals surface area contributed by atoms with Gasteiger partial charge in [0.25, 0.3) is 0 Å². The maximum atomic E-state index is 12.7. The van der Waals surface area contributed by atoms with Gasteiger partial charge < -0.3 is 0 Å². The van der Waals surface area contributed by atoms with Crippen molar-refractivity contribution < 1.29 is 9.18 Å². The number of ketones is 1. The number of hydrogen-bond acceptors (Lipinski definition) is 2. The number of carbonyl (C=O) groups is 1. The van der Waals surface area contributed by atoms with Gasteiger partial charge in [-0.1, -0.05) is 19.1 Å². The third-order valence-corrected chi connectivity index (χ3v) is 1.94. The molecule has 1 aromatic heterocycles. The monoisotopic (exact) mass is 193 g/mol. The molecular formula is C11H12FNO. The molecule has 0 atom stereocenters. The third kappa shape index (κ3) is 2.76. The van der Waals surface area contributed by atoms with Crippen LogP contribution >= 0.6 is 0 Å². The van der Waals surface area contributed by atoms with Crippen LogP contribution in [0.1, 0.15) is 30.1 Å². The van der Waals surface area contributed by atoms with E-state index in [1.54, 1.807) is 0 Å². The topological polar surface area (TPSA) is 30.0 Å². The Bertz CT molecular complexity index is 360. The molecule has 1 heterocycles. The van der Waals surface area contributed by atoms with Crippen molar-refractivity contribution in [2.24, 2.45) is 0 Å². The number of nitrogens with zero attached hydrogens (tertiary/aromatic N) is 1. The largest absolute Gasteiger partial charge is 0.294 e. The van der Waals surface area contributed by atoms with Gasteiger partial charge in [-0.3, -0.25) is 9.78 Å². The Morgan fingerprint density at radius 3 is 2.86 bits per heavy atom. The van der Waals surface area contributed by atoms with Crippen LogP contribution in [0.25, 0.3) is 0 Å². The van der Waals surface area contributed by atoms with Crippen molar-refractivity contribution in [1.82, 2.24) is 4.98 Å². The maximum absolute atomic E-state index is 12.7. The van der Waals surface area contributed by atoms with E-state index in [2.05, 4.69) is 11.6 Å². The zero-order chi connectivity index (χ0) is 10.6. The lowest BCUT2D eigenvalue weighted by Gasteiger charge is -2.01. The van der Waals surface area contributed by atoms with Crippen molar-refractivity contribution in [1.29, 1.82) is 0 Å². The molecule has 0 spiro atoms. The second-order valence-electron chi connectivity index (χ2n) is 3.10.